The number of hydrogen-bond donors (Lipinski definition) is 0. The van der Waals surface area contributed by atoms with Crippen LogP contribution in [0.15, 0.2) is 53.1 Å². The lowest BCUT2D eigenvalue weighted by atomic mass is 10.2. The quantitative estimate of drug-likeness (QED) is 0.617. The topological polar surface area (TPSA) is 60.6 Å². The summed E-state index contributed by atoms with van der Waals surface area (Å²) in [4.78, 5) is 6.54. The molecule has 26 heavy (non-hydrogen) atoms. The van der Waals surface area contributed by atoms with Gasteiger partial charge in [0.2, 0.25) is 11.7 Å². The van der Waals surface area contributed by atoms with E-state index in [9.17, 15) is 0 Å². The molecule has 136 valence electrons. The number of aromatic nitrogens is 2. The highest BCUT2D eigenvalue weighted by Gasteiger charge is 2.11. The average molecular weight is 353 g/mol. The van der Waals surface area contributed by atoms with Crippen LogP contribution in [0.25, 0.3) is 11.4 Å². The zero-order valence-corrected chi connectivity index (χ0v) is 15.3. The molecule has 0 aliphatic carbocycles. The van der Waals surface area contributed by atoms with Gasteiger partial charge in [0.05, 0.1) is 13.7 Å². The van der Waals surface area contributed by atoms with Gasteiger partial charge in [0.15, 0.2) is 0 Å². The number of ether oxygens (including phenoxy) is 2. The first kappa shape index (κ1) is 17.9. The summed E-state index contributed by atoms with van der Waals surface area (Å²) >= 11 is 0. The molecule has 0 saturated carbocycles. The summed E-state index contributed by atoms with van der Waals surface area (Å²) in [6, 6.07) is 15.6. The van der Waals surface area contributed by atoms with E-state index in [0.29, 0.717) is 24.9 Å². The van der Waals surface area contributed by atoms with Crippen molar-refractivity contribution < 1.29 is 14.0 Å². The second-order valence-corrected chi connectivity index (χ2v) is 6.14. The molecular formula is C20H23N3O3. The molecule has 6 nitrogen and oxygen atoms in total. The summed E-state index contributed by atoms with van der Waals surface area (Å²) in [5, 5.41) is 4.05. The molecule has 1 heterocycles. The predicted molar refractivity (Wildman–Crippen MR) is 99.3 cm³/mol. The maximum Gasteiger partial charge on any atom is 0.241 e. The van der Waals surface area contributed by atoms with E-state index >= 15 is 0 Å². The predicted octanol–water partition coefficient (Wildman–Crippen LogP) is 3.56. The molecule has 6 heteroatoms. The van der Waals surface area contributed by atoms with Gasteiger partial charge in [0.25, 0.3) is 0 Å². The van der Waals surface area contributed by atoms with Crippen LogP contribution in [0.2, 0.25) is 0 Å². The van der Waals surface area contributed by atoms with Gasteiger partial charge in [-0.15, -0.1) is 0 Å². The Hall–Kier alpha value is -2.86. The highest BCUT2D eigenvalue weighted by molar-refractivity contribution is 5.56. The van der Waals surface area contributed by atoms with Gasteiger partial charge < -0.3 is 14.0 Å². The van der Waals surface area contributed by atoms with Gasteiger partial charge >= 0.3 is 0 Å². The van der Waals surface area contributed by atoms with E-state index in [2.05, 4.69) is 22.0 Å². The van der Waals surface area contributed by atoms with Crippen molar-refractivity contribution in [3.8, 4) is 22.9 Å². The Kier molecular flexibility index (Phi) is 5.86. The van der Waals surface area contributed by atoms with Crippen molar-refractivity contribution in [1.82, 2.24) is 15.0 Å². The largest absolute Gasteiger partial charge is 0.497 e. The Bertz CT molecular complexity index is 830. The van der Waals surface area contributed by atoms with Gasteiger partial charge in [0, 0.05) is 12.1 Å². The number of hydrogen-bond acceptors (Lipinski definition) is 6. The van der Waals surface area contributed by atoms with Crippen molar-refractivity contribution >= 4 is 0 Å². The van der Waals surface area contributed by atoms with Crippen molar-refractivity contribution in [2.24, 2.45) is 0 Å². The summed E-state index contributed by atoms with van der Waals surface area (Å²) in [6.07, 6.45) is 0. The molecule has 0 atom stereocenters. The van der Waals surface area contributed by atoms with Crippen LogP contribution in [0.3, 0.4) is 0 Å². The SMILES string of the molecule is COc1cccc(-c2noc(CN(C)CCOc3ccc(C)cc3)n2)c1. The highest BCUT2D eigenvalue weighted by Crippen LogP contribution is 2.21. The van der Waals surface area contributed by atoms with E-state index in [-0.39, 0.29) is 0 Å². The molecule has 0 N–H and O–H groups in total. The molecule has 3 rings (SSSR count). The summed E-state index contributed by atoms with van der Waals surface area (Å²) in [5.41, 5.74) is 2.09. The molecule has 3 aromatic rings. The second-order valence-electron chi connectivity index (χ2n) is 6.14. The lowest BCUT2D eigenvalue weighted by Crippen LogP contribution is -2.24. The summed E-state index contributed by atoms with van der Waals surface area (Å²) in [7, 11) is 3.63. The van der Waals surface area contributed by atoms with Gasteiger partial charge in [-0.1, -0.05) is 35.0 Å². The van der Waals surface area contributed by atoms with Gasteiger partial charge in [-0.3, -0.25) is 4.90 Å². The van der Waals surface area contributed by atoms with E-state index in [1.165, 1.54) is 5.56 Å². The zero-order chi connectivity index (χ0) is 18.4. The van der Waals surface area contributed by atoms with Crippen LogP contribution < -0.4 is 9.47 Å². The third kappa shape index (κ3) is 4.83. The smallest absolute Gasteiger partial charge is 0.241 e. The van der Waals surface area contributed by atoms with E-state index < -0.39 is 0 Å². The maximum atomic E-state index is 5.75. The number of aryl methyl sites for hydroxylation is 1. The third-order valence-corrected chi connectivity index (χ3v) is 3.96. The Morgan fingerprint density at radius 2 is 1.88 bits per heavy atom. The van der Waals surface area contributed by atoms with E-state index in [1.54, 1.807) is 7.11 Å². The molecule has 0 amide bonds. The maximum absolute atomic E-state index is 5.75. The van der Waals surface area contributed by atoms with E-state index in [1.807, 2.05) is 55.6 Å². The normalized spacial score (nSPS) is 10.9. The van der Waals surface area contributed by atoms with Crippen molar-refractivity contribution in [2.75, 3.05) is 27.3 Å². The molecule has 0 aliphatic rings. The fourth-order valence-corrected chi connectivity index (χ4v) is 2.46. The van der Waals surface area contributed by atoms with Crippen molar-refractivity contribution in [1.29, 1.82) is 0 Å². The number of benzene rings is 2. The van der Waals surface area contributed by atoms with E-state index in [4.69, 9.17) is 14.0 Å². The summed E-state index contributed by atoms with van der Waals surface area (Å²) in [5.74, 6) is 2.77. The third-order valence-electron chi connectivity index (χ3n) is 3.96. The summed E-state index contributed by atoms with van der Waals surface area (Å²) < 4.78 is 16.3. The first-order valence-electron chi connectivity index (χ1n) is 8.49. The second kappa shape index (κ2) is 8.49. The molecule has 0 aliphatic heterocycles. The number of likely N-dealkylation sites (N-methyl/N-ethyl adjacent to an activating group) is 1. The van der Waals surface area contributed by atoms with Crippen LogP contribution in [0, 0.1) is 6.92 Å². The van der Waals surface area contributed by atoms with Crippen LogP contribution >= 0.6 is 0 Å². The zero-order valence-electron chi connectivity index (χ0n) is 15.3. The minimum absolute atomic E-state index is 0.559. The van der Waals surface area contributed by atoms with Crippen molar-refractivity contribution in [3.05, 3.63) is 60.0 Å². The Morgan fingerprint density at radius 3 is 2.65 bits per heavy atom. The lowest BCUT2D eigenvalue weighted by Gasteiger charge is -2.14. The fourth-order valence-electron chi connectivity index (χ4n) is 2.46. The molecule has 1 aromatic heterocycles. The first-order chi connectivity index (χ1) is 12.6. The number of methoxy groups -OCH3 is 1. The molecule has 0 fully saturated rings. The number of rotatable bonds is 8. The van der Waals surface area contributed by atoms with Crippen molar-refractivity contribution in [2.45, 2.75) is 13.5 Å². The van der Waals surface area contributed by atoms with Gasteiger partial charge in [-0.05, 0) is 38.2 Å². The molecule has 2 aromatic carbocycles. The minimum atomic E-state index is 0.559. The standard InChI is InChI=1S/C20H23N3O3/c1-15-7-9-17(10-8-15)25-12-11-23(2)14-19-21-20(22-26-19)16-5-4-6-18(13-16)24-3/h4-10,13H,11-12,14H2,1-3H3. The molecule has 0 unspecified atom stereocenters. The average Bonchev–Trinajstić information content (AvgIpc) is 3.12. The first-order valence-corrected chi connectivity index (χ1v) is 8.49. The van der Waals surface area contributed by atoms with Crippen LogP contribution in [0.5, 0.6) is 11.5 Å². The van der Waals surface area contributed by atoms with Gasteiger partial charge in [-0.25, -0.2) is 0 Å². The fraction of sp³-hybridized carbons (Fsp3) is 0.300. The van der Waals surface area contributed by atoms with E-state index in [0.717, 1.165) is 23.6 Å². The lowest BCUT2D eigenvalue weighted by molar-refractivity contribution is 0.213. The molecule has 0 saturated heterocycles. The number of nitrogens with zero attached hydrogens (tertiary/aromatic N) is 3. The van der Waals surface area contributed by atoms with Crippen LogP contribution in [0.4, 0.5) is 0 Å². The van der Waals surface area contributed by atoms with Gasteiger partial charge in [-0.2, -0.15) is 4.98 Å². The molecule has 0 bridgehead atoms. The molecule has 0 radical (unpaired) electrons. The monoisotopic (exact) mass is 353 g/mol. The van der Waals surface area contributed by atoms with Crippen molar-refractivity contribution in [3.63, 3.8) is 0 Å². The Morgan fingerprint density at radius 1 is 1.08 bits per heavy atom. The minimum Gasteiger partial charge on any atom is -0.497 e. The molecule has 0 spiro atoms. The highest BCUT2D eigenvalue weighted by atomic mass is 16.5. The Balaban J connectivity index is 1.50. The van der Waals surface area contributed by atoms with Gasteiger partial charge in [0.1, 0.15) is 18.1 Å². The van der Waals surface area contributed by atoms with Crippen LogP contribution in [-0.4, -0.2) is 42.3 Å². The van der Waals surface area contributed by atoms with Crippen LogP contribution in [-0.2, 0) is 6.54 Å². The Labute approximate surface area is 153 Å². The summed E-state index contributed by atoms with van der Waals surface area (Å²) in [6.45, 7) is 3.97. The molecular weight excluding hydrogens is 330 g/mol. The van der Waals surface area contributed by atoms with Crippen LogP contribution in [0.1, 0.15) is 11.5 Å².